The molecule has 33 heavy (non-hydrogen) atoms. The van der Waals surface area contributed by atoms with E-state index in [9.17, 15) is 14.7 Å². The van der Waals surface area contributed by atoms with E-state index >= 15 is 0 Å². The van der Waals surface area contributed by atoms with Gasteiger partial charge in [-0.1, -0.05) is 62.3 Å². The topological polar surface area (TPSA) is 91.3 Å². The van der Waals surface area contributed by atoms with E-state index in [1.807, 2.05) is 6.92 Å². The maximum atomic E-state index is 12.3. The largest absolute Gasteiger partial charge is 0.508 e. The molecule has 0 aromatic carbocycles. The van der Waals surface area contributed by atoms with E-state index in [2.05, 4.69) is 55.4 Å². The lowest BCUT2D eigenvalue weighted by Gasteiger charge is -2.30. The molecule has 0 saturated heterocycles. The van der Waals surface area contributed by atoms with Crippen molar-refractivity contribution in [1.29, 1.82) is 0 Å². The zero-order chi connectivity index (χ0) is 25.6. The number of hydrogen-bond donors (Lipinski definition) is 1. The van der Waals surface area contributed by atoms with Crippen LogP contribution in [-0.4, -0.2) is 49.4 Å². The highest BCUT2D eigenvalue weighted by Crippen LogP contribution is 2.25. The lowest BCUT2D eigenvalue weighted by Crippen LogP contribution is -2.38. The van der Waals surface area contributed by atoms with Gasteiger partial charge < -0.3 is 24.1 Å². The van der Waals surface area contributed by atoms with Gasteiger partial charge in [-0.3, -0.25) is 0 Å². The Morgan fingerprint density at radius 3 is 1.18 bits per heavy atom. The molecule has 0 atom stereocenters. The van der Waals surface area contributed by atoms with E-state index in [1.165, 1.54) is 0 Å². The number of hydrogen-bond acceptors (Lipinski definition) is 7. The second-order valence-electron chi connectivity index (χ2n) is 11.1. The Labute approximate surface area is 201 Å². The molecule has 0 aromatic rings. The van der Waals surface area contributed by atoms with Crippen LogP contribution in [0.3, 0.4) is 0 Å². The third-order valence-corrected chi connectivity index (χ3v) is 5.54. The summed E-state index contributed by atoms with van der Waals surface area (Å²) < 4.78 is 21.8. The van der Waals surface area contributed by atoms with Crippen molar-refractivity contribution < 1.29 is 33.6 Å². The average Bonchev–Trinajstić information content (AvgIpc) is 2.66. The van der Waals surface area contributed by atoms with Gasteiger partial charge in [0.15, 0.2) is 0 Å². The Hall–Kier alpha value is -1.50. The molecule has 0 aliphatic heterocycles. The van der Waals surface area contributed by atoms with Crippen LogP contribution in [0.2, 0.25) is 0 Å². The number of carbonyl (C=O) groups is 2. The van der Waals surface area contributed by atoms with Crippen molar-refractivity contribution in [1.82, 2.24) is 0 Å². The summed E-state index contributed by atoms with van der Waals surface area (Å²) in [6.07, 6.45) is 1.54. The zero-order valence-corrected chi connectivity index (χ0v) is 22.5. The SMILES string of the molecule is CCC(CO)(COC(=O)OC(CC(C)C)CC(C)C)COC(=O)OC(CC(C)C)CC(C)C. The molecule has 196 valence electrons. The Kier molecular flexibility index (Phi) is 15.4. The minimum atomic E-state index is -0.908. The van der Waals surface area contributed by atoms with Gasteiger partial charge >= 0.3 is 12.3 Å². The number of carbonyl (C=O) groups excluding carboxylic acids is 2. The highest BCUT2D eigenvalue weighted by Gasteiger charge is 2.33. The van der Waals surface area contributed by atoms with Gasteiger partial charge in [0.25, 0.3) is 0 Å². The Morgan fingerprint density at radius 1 is 0.667 bits per heavy atom. The average molecular weight is 475 g/mol. The summed E-state index contributed by atoms with van der Waals surface area (Å²) in [4.78, 5) is 24.7. The van der Waals surface area contributed by atoms with Gasteiger partial charge in [0.1, 0.15) is 25.4 Å². The molecule has 0 rings (SSSR count). The summed E-state index contributed by atoms with van der Waals surface area (Å²) in [5.41, 5.74) is -0.908. The molecule has 0 bridgehead atoms. The molecular weight excluding hydrogens is 424 g/mol. The molecular formula is C26H50O7. The first-order chi connectivity index (χ1) is 15.3. The summed E-state index contributed by atoms with van der Waals surface area (Å²) in [6, 6.07) is 0. The van der Waals surface area contributed by atoms with Crippen LogP contribution in [0.4, 0.5) is 9.59 Å². The third-order valence-electron chi connectivity index (χ3n) is 5.54. The first-order valence-corrected chi connectivity index (χ1v) is 12.6. The highest BCUT2D eigenvalue weighted by atomic mass is 16.7. The van der Waals surface area contributed by atoms with Crippen LogP contribution in [0.5, 0.6) is 0 Å². The summed E-state index contributed by atoms with van der Waals surface area (Å²) >= 11 is 0. The standard InChI is InChI=1S/C26H50O7/c1-10-26(15-27,16-30-24(28)32-22(11-18(2)3)12-19(4)5)17-31-25(29)33-23(13-20(6)7)14-21(8)9/h18-23,27H,10-17H2,1-9H3. The lowest BCUT2D eigenvalue weighted by molar-refractivity contribution is -0.0589. The monoisotopic (exact) mass is 474 g/mol. The van der Waals surface area contributed by atoms with Crippen molar-refractivity contribution in [2.45, 2.75) is 107 Å². The molecule has 0 aliphatic carbocycles. The molecule has 0 amide bonds. The van der Waals surface area contributed by atoms with Gasteiger partial charge in [0.2, 0.25) is 0 Å². The van der Waals surface area contributed by atoms with Gasteiger partial charge in [-0.25, -0.2) is 9.59 Å². The molecule has 0 heterocycles. The van der Waals surface area contributed by atoms with Crippen molar-refractivity contribution in [2.24, 2.45) is 29.1 Å². The number of rotatable bonds is 16. The van der Waals surface area contributed by atoms with Gasteiger partial charge in [0, 0.05) is 0 Å². The second kappa shape index (κ2) is 16.2. The van der Waals surface area contributed by atoms with E-state index in [1.54, 1.807) is 0 Å². The molecule has 0 fully saturated rings. The van der Waals surface area contributed by atoms with E-state index in [0.717, 1.165) is 25.7 Å². The fourth-order valence-corrected chi connectivity index (χ4v) is 3.70. The van der Waals surface area contributed by atoms with E-state index in [0.29, 0.717) is 30.1 Å². The highest BCUT2D eigenvalue weighted by molar-refractivity contribution is 5.60. The maximum Gasteiger partial charge on any atom is 0.508 e. The summed E-state index contributed by atoms with van der Waals surface area (Å²) in [5, 5.41) is 9.98. The van der Waals surface area contributed by atoms with Gasteiger partial charge in [0.05, 0.1) is 12.0 Å². The van der Waals surface area contributed by atoms with Crippen molar-refractivity contribution in [3.05, 3.63) is 0 Å². The van der Waals surface area contributed by atoms with Crippen LogP contribution < -0.4 is 0 Å². The summed E-state index contributed by atoms with van der Waals surface area (Å²) in [7, 11) is 0. The van der Waals surface area contributed by atoms with Crippen molar-refractivity contribution in [3.63, 3.8) is 0 Å². The first-order valence-electron chi connectivity index (χ1n) is 12.6. The predicted octanol–water partition coefficient (Wildman–Crippen LogP) is 6.60. The zero-order valence-electron chi connectivity index (χ0n) is 22.5. The lowest BCUT2D eigenvalue weighted by atomic mass is 9.88. The van der Waals surface area contributed by atoms with Crippen LogP contribution >= 0.6 is 0 Å². The van der Waals surface area contributed by atoms with Crippen LogP contribution in [0.15, 0.2) is 0 Å². The molecule has 0 saturated carbocycles. The van der Waals surface area contributed by atoms with E-state index in [-0.39, 0.29) is 32.0 Å². The molecule has 0 aliphatic rings. The smallest absolute Gasteiger partial charge is 0.433 e. The summed E-state index contributed by atoms with van der Waals surface area (Å²) in [5.74, 6) is 1.57. The van der Waals surface area contributed by atoms with Crippen LogP contribution in [0, 0.1) is 29.1 Å². The third kappa shape index (κ3) is 15.1. The number of aliphatic hydroxyl groups is 1. The second-order valence-corrected chi connectivity index (χ2v) is 11.1. The fraction of sp³-hybridized carbons (Fsp3) is 0.923. The molecule has 0 radical (unpaired) electrons. The molecule has 0 unspecified atom stereocenters. The predicted molar refractivity (Wildman–Crippen MR) is 130 cm³/mol. The van der Waals surface area contributed by atoms with Crippen LogP contribution in [0.25, 0.3) is 0 Å². The van der Waals surface area contributed by atoms with E-state index < -0.39 is 17.7 Å². The molecule has 0 spiro atoms. The van der Waals surface area contributed by atoms with Crippen molar-refractivity contribution in [3.8, 4) is 0 Å². The minimum Gasteiger partial charge on any atom is -0.433 e. The number of aliphatic hydroxyl groups excluding tert-OH is 1. The normalized spacial score (nSPS) is 12.4. The Morgan fingerprint density at radius 2 is 0.970 bits per heavy atom. The van der Waals surface area contributed by atoms with Crippen LogP contribution in [-0.2, 0) is 18.9 Å². The molecule has 0 aromatic heterocycles. The molecule has 7 nitrogen and oxygen atoms in total. The summed E-state index contributed by atoms with van der Waals surface area (Å²) in [6.45, 7) is 18.0. The van der Waals surface area contributed by atoms with Crippen molar-refractivity contribution >= 4 is 12.3 Å². The first kappa shape index (κ1) is 31.5. The Bertz CT molecular complexity index is 475. The quantitative estimate of drug-likeness (QED) is 0.252. The van der Waals surface area contributed by atoms with Gasteiger partial charge in [-0.2, -0.15) is 0 Å². The number of ether oxygens (including phenoxy) is 4. The van der Waals surface area contributed by atoms with Crippen LogP contribution in [0.1, 0.15) is 94.4 Å². The van der Waals surface area contributed by atoms with Crippen molar-refractivity contribution in [2.75, 3.05) is 19.8 Å². The fourth-order valence-electron chi connectivity index (χ4n) is 3.70. The van der Waals surface area contributed by atoms with Gasteiger partial charge in [-0.05, 0) is 55.8 Å². The Balaban J connectivity index is 4.87. The van der Waals surface area contributed by atoms with Gasteiger partial charge in [-0.15, -0.1) is 0 Å². The minimum absolute atomic E-state index is 0.108. The molecule has 7 heteroatoms. The van der Waals surface area contributed by atoms with E-state index in [4.69, 9.17) is 18.9 Å². The maximum absolute atomic E-state index is 12.3. The molecule has 1 N–H and O–H groups in total.